The second-order valence-electron chi connectivity index (χ2n) is 8.33. The minimum Gasteiger partial charge on any atom is -0.461 e. The monoisotopic (exact) mass is 340 g/mol. The van der Waals surface area contributed by atoms with E-state index in [2.05, 4.69) is 30.2 Å². The highest BCUT2D eigenvalue weighted by Gasteiger charge is 2.51. The lowest BCUT2D eigenvalue weighted by atomic mass is 9.59. The van der Waals surface area contributed by atoms with Crippen LogP contribution in [0.5, 0.6) is 0 Å². The van der Waals surface area contributed by atoms with E-state index in [4.69, 9.17) is 4.74 Å². The van der Waals surface area contributed by atoms with Crippen molar-refractivity contribution in [2.24, 2.45) is 23.2 Å². The van der Waals surface area contributed by atoms with E-state index < -0.39 is 0 Å². The van der Waals surface area contributed by atoms with Crippen molar-refractivity contribution in [3.8, 4) is 0 Å². The third kappa shape index (κ3) is 3.12. The molecule has 0 amide bonds. The van der Waals surface area contributed by atoms with Crippen molar-refractivity contribution in [3.63, 3.8) is 0 Å². The minimum atomic E-state index is -0.0574. The van der Waals surface area contributed by atoms with E-state index in [1.807, 2.05) is 12.1 Å². The van der Waals surface area contributed by atoms with Crippen molar-refractivity contribution in [2.45, 2.75) is 52.2 Å². The summed E-state index contributed by atoms with van der Waals surface area (Å²) in [5.41, 5.74) is 3.00. The van der Waals surface area contributed by atoms with Crippen molar-refractivity contribution in [2.75, 3.05) is 6.54 Å². The predicted molar refractivity (Wildman–Crippen MR) is 96.6 cm³/mol. The first-order valence-corrected chi connectivity index (χ1v) is 9.59. The van der Waals surface area contributed by atoms with E-state index >= 15 is 0 Å². The van der Waals surface area contributed by atoms with E-state index in [0.29, 0.717) is 12.5 Å². The van der Waals surface area contributed by atoms with E-state index in [1.54, 1.807) is 18.0 Å². The van der Waals surface area contributed by atoms with E-state index in [9.17, 15) is 4.79 Å². The molecule has 0 bridgehead atoms. The molecule has 2 heterocycles. The largest absolute Gasteiger partial charge is 0.461 e. The van der Waals surface area contributed by atoms with Crippen molar-refractivity contribution >= 4 is 5.97 Å². The van der Waals surface area contributed by atoms with Gasteiger partial charge in [-0.3, -0.25) is 9.78 Å². The molecular formula is C21H28N2O2. The molecule has 5 atom stereocenters. The zero-order valence-electron chi connectivity index (χ0n) is 15.2. The molecule has 1 aromatic heterocycles. The van der Waals surface area contributed by atoms with Crippen LogP contribution >= 0.6 is 0 Å². The molecule has 0 spiro atoms. The normalized spacial score (nSPS) is 37.0. The first-order valence-electron chi connectivity index (χ1n) is 9.59. The number of carbonyl (C=O) groups is 1. The molecule has 0 aromatic carbocycles. The Balaban J connectivity index is 1.47. The Labute approximate surface area is 150 Å². The fourth-order valence-corrected chi connectivity index (χ4v) is 5.15. The Morgan fingerprint density at radius 1 is 1.36 bits per heavy atom. The van der Waals surface area contributed by atoms with Crippen LogP contribution in [0.1, 0.15) is 45.1 Å². The van der Waals surface area contributed by atoms with Crippen LogP contribution in [0.3, 0.4) is 0 Å². The molecule has 1 aromatic rings. The maximum atomic E-state index is 12.5. The summed E-state index contributed by atoms with van der Waals surface area (Å²) in [4.78, 5) is 16.5. The van der Waals surface area contributed by atoms with Gasteiger partial charge in [-0.15, -0.1) is 0 Å². The number of pyridine rings is 1. The van der Waals surface area contributed by atoms with Crippen molar-refractivity contribution in [1.82, 2.24) is 10.3 Å². The Kier molecular flexibility index (Phi) is 4.40. The number of nitrogens with zero attached hydrogens (tertiary/aromatic N) is 1. The molecule has 4 heteroatoms. The van der Waals surface area contributed by atoms with Gasteiger partial charge in [0.2, 0.25) is 0 Å². The summed E-state index contributed by atoms with van der Waals surface area (Å²) >= 11 is 0. The predicted octanol–water partition coefficient (Wildman–Crippen LogP) is 3.49. The third-order valence-electron chi connectivity index (χ3n) is 6.52. The van der Waals surface area contributed by atoms with Gasteiger partial charge in [0.25, 0.3) is 0 Å². The molecule has 3 aliphatic rings. The average molecular weight is 340 g/mol. The molecule has 1 N–H and O–H groups in total. The molecule has 134 valence electrons. The van der Waals surface area contributed by atoms with Crippen LogP contribution in [-0.2, 0) is 16.1 Å². The SMILES string of the molecule is C[C@H]1CCC[C@]2(C)C[C@H]3OC(=O)C(CNCc4ccncc4)[C@H]3C=C12. The minimum absolute atomic E-state index is 0.0241. The van der Waals surface area contributed by atoms with Gasteiger partial charge in [0.15, 0.2) is 0 Å². The standard InChI is InChI=1S/C21H28N2O2/c1-14-4-3-7-21(2)11-19-16(10-18(14)21)17(20(24)25-19)13-23-12-15-5-8-22-9-6-15/h5-6,8-10,14,16-17,19,23H,3-4,7,11-13H2,1-2H3/t14-,16+,17?,19+,21+/m0/s1. The zero-order chi connectivity index (χ0) is 17.4. The number of esters is 1. The number of hydrogen-bond acceptors (Lipinski definition) is 4. The van der Waals surface area contributed by atoms with Gasteiger partial charge in [-0.1, -0.05) is 31.9 Å². The first-order chi connectivity index (χ1) is 12.1. The van der Waals surface area contributed by atoms with Gasteiger partial charge in [0.05, 0.1) is 5.92 Å². The van der Waals surface area contributed by atoms with Crippen LogP contribution in [0.2, 0.25) is 0 Å². The van der Waals surface area contributed by atoms with Gasteiger partial charge < -0.3 is 10.1 Å². The molecule has 1 aliphatic heterocycles. The van der Waals surface area contributed by atoms with Crippen LogP contribution in [0, 0.1) is 23.2 Å². The average Bonchev–Trinajstić information content (AvgIpc) is 2.88. The molecule has 2 fully saturated rings. The van der Waals surface area contributed by atoms with E-state index in [-0.39, 0.29) is 29.3 Å². The Bertz CT molecular complexity index is 672. The van der Waals surface area contributed by atoms with Gasteiger partial charge in [0, 0.05) is 31.4 Å². The lowest BCUT2D eigenvalue weighted by molar-refractivity contribution is -0.145. The summed E-state index contributed by atoms with van der Waals surface area (Å²) in [6.07, 6.45) is 10.9. The highest BCUT2D eigenvalue weighted by atomic mass is 16.6. The van der Waals surface area contributed by atoms with Gasteiger partial charge in [-0.2, -0.15) is 0 Å². The topological polar surface area (TPSA) is 51.2 Å². The van der Waals surface area contributed by atoms with Crippen LogP contribution in [0.25, 0.3) is 0 Å². The number of aromatic nitrogens is 1. The summed E-state index contributed by atoms with van der Waals surface area (Å²) in [6.45, 7) is 6.15. The molecule has 25 heavy (non-hydrogen) atoms. The smallest absolute Gasteiger partial charge is 0.311 e. The summed E-state index contributed by atoms with van der Waals surface area (Å²) in [6, 6.07) is 4.00. The van der Waals surface area contributed by atoms with Crippen molar-refractivity contribution in [3.05, 3.63) is 41.7 Å². The van der Waals surface area contributed by atoms with Gasteiger partial charge >= 0.3 is 5.97 Å². The van der Waals surface area contributed by atoms with Crippen LogP contribution in [0.15, 0.2) is 36.2 Å². The van der Waals surface area contributed by atoms with Crippen LogP contribution < -0.4 is 5.32 Å². The number of nitrogens with one attached hydrogen (secondary N) is 1. The Hall–Kier alpha value is -1.68. The van der Waals surface area contributed by atoms with Crippen molar-refractivity contribution < 1.29 is 9.53 Å². The highest BCUT2D eigenvalue weighted by Crippen LogP contribution is 2.53. The fraction of sp³-hybridized carbons (Fsp3) is 0.619. The molecule has 4 nitrogen and oxygen atoms in total. The number of fused-ring (bicyclic) bond motifs is 2. The van der Waals surface area contributed by atoms with Gasteiger partial charge in [0.1, 0.15) is 6.10 Å². The van der Waals surface area contributed by atoms with Crippen LogP contribution in [-0.4, -0.2) is 23.6 Å². The van der Waals surface area contributed by atoms with E-state index in [1.165, 1.54) is 24.8 Å². The Morgan fingerprint density at radius 3 is 2.96 bits per heavy atom. The lowest BCUT2D eigenvalue weighted by Gasteiger charge is -2.46. The summed E-state index contributed by atoms with van der Waals surface area (Å²) in [5.74, 6) is 0.795. The quantitative estimate of drug-likeness (QED) is 0.673. The number of rotatable bonds is 4. The maximum absolute atomic E-state index is 12.5. The lowest BCUT2D eigenvalue weighted by Crippen LogP contribution is -2.40. The molecule has 0 radical (unpaired) electrons. The van der Waals surface area contributed by atoms with Gasteiger partial charge in [-0.25, -0.2) is 0 Å². The van der Waals surface area contributed by atoms with Crippen LogP contribution in [0.4, 0.5) is 0 Å². The molecule has 1 saturated carbocycles. The number of carbonyl (C=O) groups excluding carboxylic acids is 1. The fourth-order valence-electron chi connectivity index (χ4n) is 5.15. The second-order valence-corrected chi connectivity index (χ2v) is 8.33. The Morgan fingerprint density at radius 2 is 2.16 bits per heavy atom. The molecule has 2 aliphatic carbocycles. The molecule has 4 rings (SSSR count). The molecular weight excluding hydrogens is 312 g/mol. The number of allylic oxidation sites excluding steroid dienone is 1. The summed E-state index contributed by atoms with van der Waals surface area (Å²) < 4.78 is 5.80. The molecule has 1 saturated heterocycles. The van der Waals surface area contributed by atoms with E-state index in [0.717, 1.165) is 13.0 Å². The second kappa shape index (κ2) is 6.56. The third-order valence-corrected chi connectivity index (χ3v) is 6.52. The summed E-state index contributed by atoms with van der Waals surface area (Å²) in [5, 5.41) is 3.44. The first kappa shape index (κ1) is 16.8. The number of ether oxygens (including phenoxy) is 1. The molecule has 1 unspecified atom stereocenters. The highest BCUT2D eigenvalue weighted by molar-refractivity contribution is 5.76. The number of hydrogen-bond donors (Lipinski definition) is 1. The maximum Gasteiger partial charge on any atom is 0.311 e. The zero-order valence-corrected chi connectivity index (χ0v) is 15.2. The summed E-state index contributed by atoms with van der Waals surface area (Å²) in [7, 11) is 0. The van der Waals surface area contributed by atoms with Crippen molar-refractivity contribution in [1.29, 1.82) is 0 Å². The van der Waals surface area contributed by atoms with Gasteiger partial charge in [-0.05, 0) is 48.3 Å².